The van der Waals surface area contributed by atoms with E-state index in [1.807, 2.05) is 0 Å². The number of aliphatic hydroxyl groups excluding tert-OH is 1. The number of aliphatic hydroxyl groups is 1. The van der Waals surface area contributed by atoms with Crippen molar-refractivity contribution in [3.8, 4) is 0 Å². The molecular weight excluding hydrogens is 234 g/mol. The lowest BCUT2D eigenvalue weighted by Crippen LogP contribution is -2.48. The third-order valence-corrected chi connectivity index (χ3v) is 5.58. The van der Waals surface area contributed by atoms with Crippen molar-refractivity contribution in [3.63, 3.8) is 0 Å². The summed E-state index contributed by atoms with van der Waals surface area (Å²) >= 11 is 0. The average Bonchev–Trinajstić information content (AvgIpc) is 2.38. The van der Waals surface area contributed by atoms with Crippen LogP contribution in [0.3, 0.4) is 0 Å². The van der Waals surface area contributed by atoms with E-state index in [1.54, 1.807) is 0 Å². The lowest BCUT2D eigenvalue weighted by molar-refractivity contribution is -0.0490. The monoisotopic (exact) mass is 265 g/mol. The van der Waals surface area contributed by atoms with Crippen LogP contribution in [-0.4, -0.2) is 17.8 Å². The van der Waals surface area contributed by atoms with Crippen LogP contribution >= 0.6 is 0 Å². The summed E-state index contributed by atoms with van der Waals surface area (Å²) in [5, 5.41) is 11.0. The second-order valence-corrected chi connectivity index (χ2v) is 7.38. The predicted octanol–water partition coefficient (Wildman–Crippen LogP) is 3.49. The summed E-state index contributed by atoms with van der Waals surface area (Å²) in [7, 11) is 0. The first-order valence-electron chi connectivity index (χ1n) is 8.02. The van der Waals surface area contributed by atoms with Gasteiger partial charge in [0, 0.05) is 12.0 Å². The first-order valence-corrected chi connectivity index (χ1v) is 8.02. The van der Waals surface area contributed by atoms with Gasteiger partial charge in [-0.15, -0.1) is 0 Å². The molecule has 0 aromatic heterocycles. The van der Waals surface area contributed by atoms with Gasteiger partial charge in [0.15, 0.2) is 0 Å². The van der Waals surface area contributed by atoms with E-state index in [0.717, 1.165) is 31.6 Å². The normalized spacial score (nSPS) is 41.7. The number of allylic oxidation sites excluding steroid dienone is 2. The summed E-state index contributed by atoms with van der Waals surface area (Å²) in [5.41, 5.74) is 7.52. The molecule has 2 aliphatic carbocycles. The van der Waals surface area contributed by atoms with Crippen molar-refractivity contribution in [1.82, 2.24) is 0 Å². The Morgan fingerprint density at radius 1 is 1.37 bits per heavy atom. The molecular formula is C17H31NO. The molecule has 3 unspecified atom stereocenters. The van der Waals surface area contributed by atoms with Crippen molar-refractivity contribution in [2.75, 3.05) is 6.54 Å². The molecule has 0 amide bonds. The van der Waals surface area contributed by atoms with E-state index in [4.69, 9.17) is 5.73 Å². The Bertz CT molecular complexity index is 328. The maximum atomic E-state index is 11.0. The minimum atomic E-state index is -0.212. The number of hydrogen-bond donors (Lipinski definition) is 2. The van der Waals surface area contributed by atoms with Gasteiger partial charge in [0.25, 0.3) is 0 Å². The Balaban J connectivity index is 2.08. The van der Waals surface area contributed by atoms with Crippen LogP contribution in [0.5, 0.6) is 0 Å². The molecule has 1 saturated carbocycles. The summed E-state index contributed by atoms with van der Waals surface area (Å²) in [6, 6.07) is 0. The summed E-state index contributed by atoms with van der Waals surface area (Å²) in [4.78, 5) is 0. The van der Waals surface area contributed by atoms with E-state index in [2.05, 4.69) is 26.8 Å². The highest BCUT2D eigenvalue weighted by atomic mass is 16.3. The Hall–Kier alpha value is -0.340. The van der Waals surface area contributed by atoms with Gasteiger partial charge in [-0.1, -0.05) is 38.3 Å². The van der Waals surface area contributed by atoms with Gasteiger partial charge in [-0.3, -0.25) is 0 Å². The van der Waals surface area contributed by atoms with E-state index in [0.29, 0.717) is 18.4 Å². The van der Waals surface area contributed by atoms with Gasteiger partial charge in [0.1, 0.15) is 0 Å². The fourth-order valence-electron chi connectivity index (χ4n) is 4.29. The standard InChI is InChI=1S/C17H31NO/c1-12-4-6-17(11-18,7-5-12)16(19)15-9-13(2)8-14(3)10-15/h8,12-13,15-16,19H,4-7,9-11,18H2,1-3H3. The third kappa shape index (κ3) is 3.22. The molecule has 0 aromatic rings. The Morgan fingerprint density at radius 2 is 2.00 bits per heavy atom. The van der Waals surface area contributed by atoms with Crippen molar-refractivity contribution in [3.05, 3.63) is 11.6 Å². The zero-order valence-corrected chi connectivity index (χ0v) is 12.9. The fourth-order valence-corrected chi connectivity index (χ4v) is 4.29. The van der Waals surface area contributed by atoms with Crippen LogP contribution in [0.4, 0.5) is 0 Å². The zero-order chi connectivity index (χ0) is 14.0. The maximum absolute atomic E-state index is 11.0. The zero-order valence-electron chi connectivity index (χ0n) is 12.9. The van der Waals surface area contributed by atoms with Gasteiger partial charge in [-0.2, -0.15) is 0 Å². The SMILES string of the molecule is CC1=CC(C)CC(C(O)C2(CN)CCC(C)CC2)C1. The van der Waals surface area contributed by atoms with Crippen molar-refractivity contribution in [1.29, 1.82) is 0 Å². The van der Waals surface area contributed by atoms with Gasteiger partial charge < -0.3 is 10.8 Å². The van der Waals surface area contributed by atoms with E-state index in [9.17, 15) is 5.11 Å². The molecule has 1 fully saturated rings. The molecule has 2 heteroatoms. The summed E-state index contributed by atoms with van der Waals surface area (Å²) in [5.74, 6) is 1.82. The molecule has 110 valence electrons. The highest BCUT2D eigenvalue weighted by Gasteiger charge is 2.43. The molecule has 2 aliphatic rings. The van der Waals surface area contributed by atoms with E-state index >= 15 is 0 Å². The summed E-state index contributed by atoms with van der Waals surface area (Å²) in [6.45, 7) is 7.44. The highest BCUT2D eigenvalue weighted by molar-refractivity contribution is 5.09. The second kappa shape index (κ2) is 5.97. The third-order valence-electron chi connectivity index (χ3n) is 5.58. The number of nitrogens with two attached hydrogens (primary N) is 1. The highest BCUT2D eigenvalue weighted by Crippen LogP contribution is 2.46. The molecule has 0 bridgehead atoms. The van der Waals surface area contributed by atoms with Crippen LogP contribution < -0.4 is 5.73 Å². The molecule has 0 saturated heterocycles. The van der Waals surface area contributed by atoms with Crippen molar-refractivity contribution in [2.24, 2.45) is 28.9 Å². The van der Waals surface area contributed by atoms with Gasteiger partial charge >= 0.3 is 0 Å². The molecule has 0 aromatic carbocycles. The molecule has 0 spiro atoms. The van der Waals surface area contributed by atoms with Crippen molar-refractivity contribution < 1.29 is 5.11 Å². The molecule has 3 N–H and O–H groups in total. The lowest BCUT2D eigenvalue weighted by atomic mass is 9.62. The minimum absolute atomic E-state index is 0.00544. The van der Waals surface area contributed by atoms with Crippen LogP contribution in [-0.2, 0) is 0 Å². The van der Waals surface area contributed by atoms with Crippen LogP contribution in [0.25, 0.3) is 0 Å². The van der Waals surface area contributed by atoms with Crippen LogP contribution in [0.2, 0.25) is 0 Å². The topological polar surface area (TPSA) is 46.2 Å². The van der Waals surface area contributed by atoms with Crippen LogP contribution in [0, 0.1) is 23.2 Å². The molecule has 0 radical (unpaired) electrons. The van der Waals surface area contributed by atoms with Crippen LogP contribution in [0.1, 0.15) is 59.3 Å². The van der Waals surface area contributed by atoms with E-state index < -0.39 is 0 Å². The van der Waals surface area contributed by atoms with Gasteiger partial charge in [0.2, 0.25) is 0 Å². The fraction of sp³-hybridized carbons (Fsp3) is 0.882. The maximum Gasteiger partial charge on any atom is 0.0639 e. The molecule has 3 atom stereocenters. The second-order valence-electron chi connectivity index (χ2n) is 7.38. The lowest BCUT2D eigenvalue weighted by Gasteiger charge is -2.46. The number of rotatable bonds is 3. The quantitative estimate of drug-likeness (QED) is 0.767. The summed E-state index contributed by atoms with van der Waals surface area (Å²) in [6.07, 6.45) is 9.01. The van der Waals surface area contributed by atoms with Crippen LogP contribution in [0.15, 0.2) is 11.6 Å². The van der Waals surface area contributed by atoms with E-state index in [-0.39, 0.29) is 11.5 Å². The largest absolute Gasteiger partial charge is 0.392 e. The Kier molecular flexibility index (Phi) is 4.73. The van der Waals surface area contributed by atoms with Crippen molar-refractivity contribution >= 4 is 0 Å². The molecule has 2 rings (SSSR count). The van der Waals surface area contributed by atoms with E-state index in [1.165, 1.54) is 18.4 Å². The first kappa shape index (κ1) is 15.1. The Labute approximate surface area is 118 Å². The van der Waals surface area contributed by atoms with Crippen molar-refractivity contribution in [2.45, 2.75) is 65.4 Å². The first-order chi connectivity index (χ1) is 8.97. The average molecular weight is 265 g/mol. The molecule has 0 aliphatic heterocycles. The molecule has 19 heavy (non-hydrogen) atoms. The molecule has 2 nitrogen and oxygen atoms in total. The Morgan fingerprint density at radius 3 is 2.53 bits per heavy atom. The summed E-state index contributed by atoms with van der Waals surface area (Å²) < 4.78 is 0. The smallest absolute Gasteiger partial charge is 0.0639 e. The predicted molar refractivity (Wildman–Crippen MR) is 80.8 cm³/mol. The van der Waals surface area contributed by atoms with Gasteiger partial charge in [-0.05, 0) is 50.4 Å². The minimum Gasteiger partial charge on any atom is -0.392 e. The molecule has 0 heterocycles. The van der Waals surface area contributed by atoms with Gasteiger partial charge in [-0.25, -0.2) is 0 Å². The van der Waals surface area contributed by atoms with Gasteiger partial charge in [0.05, 0.1) is 6.10 Å². The number of hydrogen-bond acceptors (Lipinski definition) is 2.